The van der Waals surface area contributed by atoms with Crippen LogP contribution in [0.1, 0.15) is 108 Å². The molecular weight excluding hydrogens is 799 g/mol. The highest BCUT2D eigenvalue weighted by Gasteiger charge is 2.39. The number of allylic oxidation sites excluding steroid dienone is 1. The number of nitrogens with one attached hydrogen (secondary N) is 5. The Hall–Kier alpha value is -6.38. The van der Waals surface area contributed by atoms with E-state index in [2.05, 4.69) is 89.7 Å². The number of rotatable bonds is 12. The van der Waals surface area contributed by atoms with E-state index >= 15 is 0 Å². The Kier molecular flexibility index (Phi) is 13.1. The molecule has 0 spiro atoms. The highest BCUT2D eigenvalue weighted by Crippen LogP contribution is 2.42. The molecule has 0 aliphatic carbocycles. The molecule has 2 aliphatic heterocycles. The number of likely N-dealkylation sites (tertiary alicyclic amines) is 2. The summed E-state index contributed by atoms with van der Waals surface area (Å²) < 4.78 is 9.62. The molecule has 2 fully saturated rings. The smallest absolute Gasteiger partial charge is 0.407 e. The minimum absolute atomic E-state index is 0.125. The summed E-state index contributed by atoms with van der Waals surface area (Å²) in [6.07, 6.45) is 7.83. The highest BCUT2D eigenvalue weighted by atomic mass is 16.5. The molecule has 15 heteroatoms. The van der Waals surface area contributed by atoms with Crippen LogP contribution in [0.4, 0.5) is 9.59 Å². The summed E-state index contributed by atoms with van der Waals surface area (Å²) in [4.78, 5) is 75.9. The Labute approximate surface area is 368 Å². The summed E-state index contributed by atoms with van der Waals surface area (Å²) in [5.74, 6) is 0.878. The van der Waals surface area contributed by atoms with Crippen molar-refractivity contribution in [1.82, 2.24) is 45.4 Å². The lowest BCUT2D eigenvalue weighted by Crippen LogP contribution is -2.51. The van der Waals surface area contributed by atoms with Gasteiger partial charge in [-0.1, -0.05) is 63.6 Å². The second-order valence-electron chi connectivity index (χ2n) is 17.8. The standard InChI is InChI=1S/C48H61N9O6/c1-25(2)21-34-29(8)30(36-23-49-43(52-36)38-13-11-19-56(38)45(58)40(26(3)4)54-47(60)62-9)15-16-31(34)33-18-17-32(35-22-28(7)51-42(33)35)37-24-50-44(53-37)39-14-12-20-57(39)46(59)41(27(5)6)55-48(61)63-10/h15-18,21-24,26-27,38-41,51H,11-14,19-20H2,1-10H3,(H,49,52)(H,50,53)(H,54,60)(H,55,61)/t38-,39-,40-,41-/m0/s1. The number of H-pyrrole nitrogens is 3. The van der Waals surface area contributed by atoms with E-state index < -0.39 is 24.3 Å². The van der Waals surface area contributed by atoms with E-state index in [1.54, 1.807) is 0 Å². The molecule has 4 atom stereocenters. The lowest BCUT2D eigenvalue weighted by molar-refractivity contribution is -0.136. The molecule has 0 unspecified atom stereocenters. The normalized spacial score (nSPS) is 17.3. The van der Waals surface area contributed by atoms with Gasteiger partial charge < -0.3 is 44.9 Å². The first-order chi connectivity index (χ1) is 30.1. The highest BCUT2D eigenvalue weighted by molar-refractivity contribution is 6.04. The van der Waals surface area contributed by atoms with Gasteiger partial charge in [0, 0.05) is 40.9 Å². The Morgan fingerprint density at radius 2 is 1.19 bits per heavy atom. The molecule has 5 N–H and O–H groups in total. The van der Waals surface area contributed by atoms with Crippen molar-refractivity contribution in [1.29, 1.82) is 0 Å². The maximum atomic E-state index is 13.8. The number of benzene rings is 2. The number of hydrogen-bond donors (Lipinski definition) is 5. The van der Waals surface area contributed by atoms with Crippen LogP contribution in [-0.2, 0) is 19.1 Å². The lowest BCUT2D eigenvalue weighted by atomic mass is 9.89. The van der Waals surface area contributed by atoms with Gasteiger partial charge in [-0.2, -0.15) is 0 Å². The van der Waals surface area contributed by atoms with E-state index in [0.29, 0.717) is 24.7 Å². The fourth-order valence-corrected chi connectivity index (χ4v) is 9.21. The van der Waals surface area contributed by atoms with Crippen molar-refractivity contribution in [2.75, 3.05) is 27.3 Å². The second kappa shape index (κ2) is 18.5. The summed E-state index contributed by atoms with van der Waals surface area (Å²) >= 11 is 0. The van der Waals surface area contributed by atoms with E-state index in [4.69, 9.17) is 19.4 Å². The van der Waals surface area contributed by atoms with Crippen molar-refractivity contribution >= 4 is 41.0 Å². The molecule has 2 aliphatic rings. The Bertz CT molecular complexity index is 2540. The number of nitrogens with zero attached hydrogens (tertiary/aromatic N) is 4. The van der Waals surface area contributed by atoms with E-state index in [0.717, 1.165) is 92.6 Å². The van der Waals surface area contributed by atoms with Gasteiger partial charge in [-0.05, 0) is 88.0 Å². The molecule has 3 aromatic heterocycles. The first-order valence-electron chi connectivity index (χ1n) is 21.9. The SMILES string of the molecule is COC(=O)N[C@H](C(=O)N1CCC[C@H]1c1ncc(-c2ccc(-c3ccc(-c4cnc([C@@H]5CCCN5C(=O)[C@@H](NC(=O)OC)C(C)C)[nH]4)c4cc(C)[nH]c34)c(C=C(C)C)c2C)[nH]1)C(C)C. The van der Waals surface area contributed by atoms with Crippen LogP contribution in [-0.4, -0.2) is 98.1 Å². The molecule has 5 heterocycles. The largest absolute Gasteiger partial charge is 0.453 e. The van der Waals surface area contributed by atoms with E-state index in [9.17, 15) is 19.2 Å². The van der Waals surface area contributed by atoms with Crippen molar-refractivity contribution in [3.8, 4) is 33.6 Å². The monoisotopic (exact) mass is 859 g/mol. The summed E-state index contributed by atoms with van der Waals surface area (Å²) in [5, 5.41) is 6.49. The number of ether oxygens (including phenoxy) is 2. The number of aromatic nitrogens is 5. The first kappa shape index (κ1) is 44.7. The van der Waals surface area contributed by atoms with Crippen LogP contribution in [0.25, 0.3) is 50.6 Å². The zero-order chi connectivity index (χ0) is 45.3. The van der Waals surface area contributed by atoms with Gasteiger partial charge >= 0.3 is 12.2 Å². The number of imidazole rings is 2. The number of methoxy groups -OCH3 is 2. The summed E-state index contributed by atoms with van der Waals surface area (Å²) in [7, 11) is 2.59. The van der Waals surface area contributed by atoms with E-state index in [1.807, 2.05) is 49.9 Å². The number of hydrogen-bond acceptors (Lipinski definition) is 8. The number of aryl methyl sites for hydroxylation is 1. The van der Waals surface area contributed by atoms with Gasteiger partial charge in [-0.15, -0.1) is 0 Å². The van der Waals surface area contributed by atoms with Gasteiger partial charge in [0.1, 0.15) is 23.7 Å². The number of alkyl carbamates (subject to hydrolysis) is 2. The average molecular weight is 860 g/mol. The third-order valence-corrected chi connectivity index (χ3v) is 12.4. The van der Waals surface area contributed by atoms with Crippen molar-refractivity contribution < 1.29 is 28.7 Å². The van der Waals surface area contributed by atoms with Gasteiger partial charge in [0.15, 0.2) is 0 Å². The average Bonchev–Trinajstić information content (AvgIpc) is 4.11. The van der Waals surface area contributed by atoms with Crippen LogP contribution in [0.15, 0.2) is 48.3 Å². The third kappa shape index (κ3) is 8.96. The van der Waals surface area contributed by atoms with E-state index in [-0.39, 0.29) is 35.7 Å². The first-order valence-corrected chi connectivity index (χ1v) is 21.9. The maximum absolute atomic E-state index is 13.8. The van der Waals surface area contributed by atoms with Crippen LogP contribution in [0.3, 0.4) is 0 Å². The van der Waals surface area contributed by atoms with Crippen LogP contribution in [0.2, 0.25) is 0 Å². The van der Waals surface area contributed by atoms with E-state index in [1.165, 1.54) is 14.2 Å². The van der Waals surface area contributed by atoms with Gasteiger partial charge in [-0.3, -0.25) is 9.59 Å². The van der Waals surface area contributed by atoms with Crippen LogP contribution < -0.4 is 10.6 Å². The van der Waals surface area contributed by atoms with Crippen molar-refractivity contribution in [2.24, 2.45) is 11.8 Å². The van der Waals surface area contributed by atoms with Crippen molar-refractivity contribution in [3.63, 3.8) is 0 Å². The van der Waals surface area contributed by atoms with Crippen LogP contribution in [0, 0.1) is 25.7 Å². The molecule has 334 valence electrons. The van der Waals surface area contributed by atoms with Gasteiger partial charge in [-0.25, -0.2) is 19.6 Å². The molecule has 7 rings (SSSR count). The van der Waals surface area contributed by atoms with Gasteiger partial charge in [0.2, 0.25) is 11.8 Å². The number of amides is 4. The number of fused-ring (bicyclic) bond motifs is 1. The molecular formula is C48H61N9O6. The summed E-state index contributed by atoms with van der Waals surface area (Å²) in [5.41, 5.74) is 11.2. The third-order valence-electron chi connectivity index (χ3n) is 12.4. The molecule has 2 saturated heterocycles. The number of carbonyl (C=O) groups excluding carboxylic acids is 4. The molecule has 0 radical (unpaired) electrons. The summed E-state index contributed by atoms with van der Waals surface area (Å²) in [6, 6.07) is 8.82. The molecule has 0 bridgehead atoms. The Morgan fingerprint density at radius 1 is 0.714 bits per heavy atom. The van der Waals surface area contributed by atoms with Crippen LogP contribution in [0.5, 0.6) is 0 Å². The Balaban J connectivity index is 1.19. The minimum atomic E-state index is -0.713. The predicted molar refractivity (Wildman–Crippen MR) is 243 cm³/mol. The second-order valence-corrected chi connectivity index (χ2v) is 17.8. The molecule has 4 amide bonds. The molecule has 2 aromatic carbocycles. The lowest BCUT2D eigenvalue weighted by Gasteiger charge is -2.30. The fraction of sp³-hybridized carbons (Fsp3) is 0.458. The fourth-order valence-electron chi connectivity index (χ4n) is 9.21. The molecule has 63 heavy (non-hydrogen) atoms. The van der Waals surface area contributed by atoms with Crippen LogP contribution >= 0.6 is 0 Å². The predicted octanol–water partition coefficient (Wildman–Crippen LogP) is 8.74. The molecule has 15 nitrogen and oxygen atoms in total. The Morgan fingerprint density at radius 3 is 1.68 bits per heavy atom. The zero-order valence-corrected chi connectivity index (χ0v) is 38.1. The van der Waals surface area contributed by atoms with Crippen molar-refractivity contribution in [3.05, 3.63) is 76.8 Å². The molecule has 5 aromatic rings. The van der Waals surface area contributed by atoms with Gasteiger partial charge in [0.25, 0.3) is 0 Å². The van der Waals surface area contributed by atoms with Crippen molar-refractivity contribution in [2.45, 2.75) is 105 Å². The summed E-state index contributed by atoms with van der Waals surface area (Å²) in [6.45, 7) is 17.2. The minimum Gasteiger partial charge on any atom is -0.453 e. The zero-order valence-electron chi connectivity index (χ0n) is 38.1. The van der Waals surface area contributed by atoms with Gasteiger partial charge in [0.05, 0.1) is 55.6 Å². The number of aromatic amines is 3. The number of carbonyl (C=O) groups is 4. The topological polar surface area (TPSA) is 190 Å². The molecule has 0 saturated carbocycles. The quantitative estimate of drug-likeness (QED) is 0.0823. The maximum Gasteiger partial charge on any atom is 0.407 e.